The molecule has 2 aromatic carbocycles. The fraction of sp³-hybridized carbons (Fsp3) is 0.318. The van der Waals surface area contributed by atoms with Crippen LogP contribution in [0, 0.1) is 0 Å². The number of carbonyl (C=O) groups excluding carboxylic acids is 1. The van der Waals surface area contributed by atoms with Gasteiger partial charge in [-0.1, -0.05) is 23.7 Å². The number of hydrogen-bond donors (Lipinski definition) is 1. The molecule has 0 radical (unpaired) electrons. The number of benzene rings is 2. The van der Waals surface area contributed by atoms with Gasteiger partial charge in [0.05, 0.1) is 27.9 Å². The predicted molar refractivity (Wildman–Crippen MR) is 114 cm³/mol. The fourth-order valence-electron chi connectivity index (χ4n) is 2.79. The smallest absolute Gasteiger partial charge is 0.244 e. The minimum Gasteiger partial charge on any atom is -0.493 e. The van der Waals surface area contributed by atoms with Crippen LogP contribution in [-0.4, -0.2) is 40.9 Å². The normalized spacial score (nSPS) is 13.0. The van der Waals surface area contributed by atoms with Gasteiger partial charge in [0.2, 0.25) is 11.7 Å². The Bertz CT molecular complexity index is 858. The van der Waals surface area contributed by atoms with Crippen LogP contribution in [-0.2, 0) is 15.1 Å². The van der Waals surface area contributed by atoms with E-state index in [0.29, 0.717) is 22.3 Å². The second-order valence-electron chi connectivity index (χ2n) is 6.46. The fourth-order valence-corrected chi connectivity index (χ4v) is 2.98. The van der Waals surface area contributed by atoms with Gasteiger partial charge in [-0.25, -0.2) is 0 Å². The molecule has 0 aliphatic heterocycles. The van der Waals surface area contributed by atoms with Gasteiger partial charge in [0.25, 0.3) is 0 Å². The van der Waals surface area contributed by atoms with Crippen molar-refractivity contribution in [2.24, 2.45) is 0 Å². The summed E-state index contributed by atoms with van der Waals surface area (Å²) < 4.78 is 21.6. The minimum absolute atomic E-state index is 0.260. The average Bonchev–Trinajstić information content (AvgIpc) is 2.75. The van der Waals surface area contributed by atoms with Gasteiger partial charge in [0, 0.05) is 18.2 Å². The van der Waals surface area contributed by atoms with E-state index in [1.807, 2.05) is 25.1 Å². The van der Waals surface area contributed by atoms with E-state index in [1.165, 1.54) is 13.2 Å². The maximum Gasteiger partial charge on any atom is 0.244 e. The van der Waals surface area contributed by atoms with Gasteiger partial charge >= 0.3 is 0 Å². The number of nitrogens with one attached hydrogen (secondary N) is 1. The molecule has 0 heterocycles. The number of carbonyl (C=O) groups is 1. The molecular weight excluding hydrogens is 394 g/mol. The van der Waals surface area contributed by atoms with E-state index in [-0.39, 0.29) is 12.5 Å². The molecule has 0 fully saturated rings. The molecule has 2 aromatic rings. The van der Waals surface area contributed by atoms with Crippen LogP contribution in [0.3, 0.4) is 0 Å². The van der Waals surface area contributed by atoms with Crippen LogP contribution >= 0.6 is 11.6 Å². The SMILES string of the molecule is COc1cc(/C=C/C(=O)NCC(C)(OC)c2cccc(Cl)c2)cc(OC)c1OC. The molecule has 1 unspecified atom stereocenters. The van der Waals surface area contributed by atoms with E-state index >= 15 is 0 Å². The highest BCUT2D eigenvalue weighted by atomic mass is 35.5. The third kappa shape index (κ3) is 5.65. The highest BCUT2D eigenvalue weighted by Gasteiger charge is 2.26. The Hall–Kier alpha value is -2.70. The van der Waals surface area contributed by atoms with Gasteiger partial charge in [-0.2, -0.15) is 0 Å². The third-order valence-electron chi connectivity index (χ3n) is 4.60. The van der Waals surface area contributed by atoms with E-state index < -0.39 is 5.60 Å². The first-order valence-electron chi connectivity index (χ1n) is 8.94. The summed E-state index contributed by atoms with van der Waals surface area (Å²) in [5.41, 5.74) is 0.904. The lowest BCUT2D eigenvalue weighted by molar-refractivity contribution is -0.118. The van der Waals surface area contributed by atoms with E-state index in [1.54, 1.807) is 45.6 Å². The summed E-state index contributed by atoms with van der Waals surface area (Å²) in [5.74, 6) is 1.26. The Morgan fingerprint density at radius 2 is 1.72 bits per heavy atom. The average molecular weight is 420 g/mol. The van der Waals surface area contributed by atoms with Crippen molar-refractivity contribution in [2.45, 2.75) is 12.5 Å². The van der Waals surface area contributed by atoms with E-state index in [0.717, 1.165) is 11.1 Å². The van der Waals surface area contributed by atoms with Crippen LogP contribution in [0.15, 0.2) is 42.5 Å². The second-order valence-corrected chi connectivity index (χ2v) is 6.89. The van der Waals surface area contributed by atoms with E-state index in [4.69, 9.17) is 30.5 Å². The third-order valence-corrected chi connectivity index (χ3v) is 4.84. The lowest BCUT2D eigenvalue weighted by atomic mass is 9.95. The molecule has 0 bridgehead atoms. The van der Waals surface area contributed by atoms with Crippen LogP contribution in [0.1, 0.15) is 18.1 Å². The van der Waals surface area contributed by atoms with Crippen LogP contribution in [0.2, 0.25) is 5.02 Å². The standard InChI is InChI=1S/C22H26ClNO5/c1-22(29-5,16-7-6-8-17(23)13-16)14-24-20(25)10-9-15-11-18(26-2)21(28-4)19(12-15)27-3/h6-13H,14H2,1-5H3,(H,24,25)/b10-9+. The van der Waals surface area contributed by atoms with Gasteiger partial charge in [-0.15, -0.1) is 0 Å². The molecule has 1 atom stereocenters. The molecule has 0 aliphatic rings. The maximum absolute atomic E-state index is 12.3. The molecular formula is C22H26ClNO5. The number of methoxy groups -OCH3 is 4. The Kier molecular flexibility index (Phi) is 7.93. The second kappa shape index (κ2) is 10.2. The van der Waals surface area contributed by atoms with E-state index in [9.17, 15) is 4.79 Å². The topological polar surface area (TPSA) is 66.0 Å². The summed E-state index contributed by atoms with van der Waals surface area (Å²) in [6.45, 7) is 2.17. The first-order valence-corrected chi connectivity index (χ1v) is 9.31. The molecule has 0 saturated heterocycles. The summed E-state index contributed by atoms with van der Waals surface area (Å²) in [4.78, 5) is 12.3. The zero-order valence-electron chi connectivity index (χ0n) is 17.2. The van der Waals surface area contributed by atoms with Crippen molar-refractivity contribution in [1.29, 1.82) is 0 Å². The van der Waals surface area contributed by atoms with Crippen LogP contribution in [0.25, 0.3) is 6.08 Å². The zero-order chi connectivity index (χ0) is 21.4. The number of amides is 1. The van der Waals surface area contributed by atoms with Gasteiger partial charge in [0.15, 0.2) is 11.5 Å². The van der Waals surface area contributed by atoms with E-state index in [2.05, 4.69) is 5.32 Å². The number of hydrogen-bond acceptors (Lipinski definition) is 5. The van der Waals surface area contributed by atoms with Gasteiger partial charge in [-0.05, 0) is 48.4 Å². The van der Waals surface area contributed by atoms with Crippen molar-refractivity contribution in [3.05, 3.63) is 58.6 Å². The molecule has 0 aromatic heterocycles. The predicted octanol–water partition coefficient (Wildman–Crippen LogP) is 4.06. The Labute approximate surface area is 176 Å². The van der Waals surface area contributed by atoms with Crippen molar-refractivity contribution in [1.82, 2.24) is 5.32 Å². The minimum atomic E-state index is -0.707. The zero-order valence-corrected chi connectivity index (χ0v) is 18.0. The number of ether oxygens (including phenoxy) is 4. The lowest BCUT2D eigenvalue weighted by Crippen LogP contribution is -2.39. The van der Waals surface area contributed by atoms with Crippen molar-refractivity contribution < 1.29 is 23.7 Å². The first kappa shape index (κ1) is 22.6. The molecule has 1 amide bonds. The Balaban J connectivity index is 2.11. The van der Waals surface area contributed by atoms with Crippen molar-refractivity contribution in [3.8, 4) is 17.2 Å². The summed E-state index contributed by atoms with van der Waals surface area (Å²) in [5, 5.41) is 3.47. The Morgan fingerprint density at radius 3 is 2.24 bits per heavy atom. The molecule has 7 heteroatoms. The largest absolute Gasteiger partial charge is 0.493 e. The van der Waals surface area contributed by atoms with Crippen molar-refractivity contribution in [3.63, 3.8) is 0 Å². The highest BCUT2D eigenvalue weighted by Crippen LogP contribution is 2.38. The molecule has 0 saturated carbocycles. The van der Waals surface area contributed by atoms with Gasteiger partial charge < -0.3 is 24.3 Å². The monoisotopic (exact) mass is 419 g/mol. The molecule has 1 N–H and O–H groups in total. The summed E-state index contributed by atoms with van der Waals surface area (Å²) in [6.07, 6.45) is 3.11. The van der Waals surface area contributed by atoms with Crippen molar-refractivity contribution in [2.75, 3.05) is 35.0 Å². The molecule has 29 heavy (non-hydrogen) atoms. The highest BCUT2D eigenvalue weighted by molar-refractivity contribution is 6.30. The summed E-state index contributed by atoms with van der Waals surface area (Å²) in [7, 11) is 6.21. The Morgan fingerprint density at radius 1 is 1.07 bits per heavy atom. The van der Waals surface area contributed by atoms with Gasteiger partial charge in [-0.3, -0.25) is 4.79 Å². The molecule has 0 spiro atoms. The van der Waals surface area contributed by atoms with Crippen LogP contribution in [0.5, 0.6) is 17.2 Å². The maximum atomic E-state index is 12.3. The molecule has 6 nitrogen and oxygen atoms in total. The van der Waals surface area contributed by atoms with Crippen LogP contribution in [0.4, 0.5) is 0 Å². The summed E-state index contributed by atoms with van der Waals surface area (Å²) in [6, 6.07) is 10.9. The number of rotatable bonds is 9. The molecule has 156 valence electrons. The summed E-state index contributed by atoms with van der Waals surface area (Å²) >= 11 is 6.08. The van der Waals surface area contributed by atoms with Crippen LogP contribution < -0.4 is 19.5 Å². The number of halogens is 1. The van der Waals surface area contributed by atoms with Gasteiger partial charge in [0.1, 0.15) is 5.60 Å². The first-order chi connectivity index (χ1) is 13.9. The quantitative estimate of drug-likeness (QED) is 0.621. The molecule has 0 aliphatic carbocycles. The molecule has 2 rings (SSSR count). The van der Waals surface area contributed by atoms with Crippen molar-refractivity contribution >= 4 is 23.6 Å². The lowest BCUT2D eigenvalue weighted by Gasteiger charge is -2.29.